The molecule has 3 aromatic heterocycles. The molecule has 2 N–H and O–H groups in total. The van der Waals surface area contributed by atoms with E-state index >= 15 is 0 Å². The Kier molecular flexibility index (Phi) is 5.80. The highest BCUT2D eigenvalue weighted by Crippen LogP contribution is 2.48. The fraction of sp³-hybridized carbons (Fsp3) is 0.333. The van der Waals surface area contributed by atoms with Crippen LogP contribution in [0.5, 0.6) is 5.88 Å². The number of benzene rings is 1. The molecule has 2 aliphatic rings. The zero-order valence-electron chi connectivity index (χ0n) is 22.3. The van der Waals surface area contributed by atoms with Gasteiger partial charge in [-0.3, -0.25) is 9.59 Å². The monoisotopic (exact) mass is 527 g/mol. The van der Waals surface area contributed by atoms with E-state index in [4.69, 9.17) is 15.5 Å². The second kappa shape index (κ2) is 8.98. The number of hydrogen-bond acceptors (Lipinski definition) is 6. The number of amides is 1. The molecule has 1 aliphatic heterocycles. The van der Waals surface area contributed by atoms with Crippen LogP contribution in [0.3, 0.4) is 0 Å². The molecule has 4 aromatic rings. The molecule has 0 spiro atoms. The first-order valence-electron chi connectivity index (χ1n) is 13.0. The minimum Gasteiger partial charge on any atom is -0.474 e. The van der Waals surface area contributed by atoms with Crippen molar-refractivity contribution in [1.29, 1.82) is 0 Å². The van der Waals surface area contributed by atoms with E-state index in [1.165, 1.54) is 19.1 Å². The molecule has 1 amide bonds. The van der Waals surface area contributed by atoms with Crippen molar-refractivity contribution in [2.45, 2.75) is 39.3 Å². The SMILES string of the molecule is CC(=O)c1cc(C(=O)N2C[C@@H]3C(Oc4cc(C(C)(C)N)cc(-c5ccc(F)cc5)n4)[C@@H]3C2)cc2cc(C)nn12. The van der Waals surface area contributed by atoms with Gasteiger partial charge in [-0.2, -0.15) is 5.10 Å². The number of pyridine rings is 2. The number of carbonyl (C=O) groups is 2. The summed E-state index contributed by atoms with van der Waals surface area (Å²) >= 11 is 0. The summed E-state index contributed by atoms with van der Waals surface area (Å²) in [7, 11) is 0. The van der Waals surface area contributed by atoms with E-state index in [2.05, 4.69) is 5.10 Å². The van der Waals surface area contributed by atoms with Crippen LogP contribution >= 0.6 is 0 Å². The van der Waals surface area contributed by atoms with Crippen molar-refractivity contribution in [3.05, 3.63) is 82.9 Å². The predicted molar refractivity (Wildman–Crippen MR) is 144 cm³/mol. The van der Waals surface area contributed by atoms with E-state index in [0.717, 1.165) is 22.3 Å². The first kappa shape index (κ1) is 25.2. The number of nitrogens with zero attached hydrogens (tertiary/aromatic N) is 4. The van der Waals surface area contributed by atoms with Gasteiger partial charge in [-0.05, 0) is 74.9 Å². The van der Waals surface area contributed by atoms with E-state index < -0.39 is 5.54 Å². The Hall–Kier alpha value is -4.11. The molecule has 9 heteroatoms. The third-order valence-electron chi connectivity index (χ3n) is 7.64. The number of fused-ring (bicyclic) bond motifs is 2. The molecular formula is C30H30FN5O3. The fourth-order valence-electron chi connectivity index (χ4n) is 5.44. The van der Waals surface area contributed by atoms with Crippen molar-refractivity contribution < 1.29 is 18.7 Å². The van der Waals surface area contributed by atoms with Crippen molar-refractivity contribution in [2.75, 3.05) is 13.1 Å². The Bertz CT molecular complexity index is 1610. The summed E-state index contributed by atoms with van der Waals surface area (Å²) in [5, 5.41) is 4.38. The number of ketones is 1. The minimum absolute atomic E-state index is 0.0495. The molecular weight excluding hydrogens is 497 g/mol. The molecule has 1 aromatic carbocycles. The fourth-order valence-corrected chi connectivity index (χ4v) is 5.44. The lowest BCUT2D eigenvalue weighted by molar-refractivity contribution is 0.0751. The Labute approximate surface area is 225 Å². The molecule has 39 heavy (non-hydrogen) atoms. The van der Waals surface area contributed by atoms with E-state index in [1.54, 1.807) is 28.8 Å². The smallest absolute Gasteiger partial charge is 0.254 e. The molecule has 0 bridgehead atoms. The topological polar surface area (TPSA) is 103 Å². The van der Waals surface area contributed by atoms with Crippen molar-refractivity contribution in [3.8, 4) is 17.1 Å². The van der Waals surface area contributed by atoms with Crippen molar-refractivity contribution in [2.24, 2.45) is 17.6 Å². The molecule has 8 nitrogen and oxygen atoms in total. The largest absolute Gasteiger partial charge is 0.474 e. The van der Waals surface area contributed by atoms with Gasteiger partial charge < -0.3 is 15.4 Å². The Morgan fingerprint density at radius 3 is 2.38 bits per heavy atom. The van der Waals surface area contributed by atoms with Crippen LogP contribution in [-0.4, -0.2) is 50.4 Å². The van der Waals surface area contributed by atoms with Crippen molar-refractivity contribution in [1.82, 2.24) is 19.5 Å². The highest BCUT2D eigenvalue weighted by Gasteiger charge is 2.59. The third-order valence-corrected chi connectivity index (χ3v) is 7.64. The maximum Gasteiger partial charge on any atom is 0.254 e. The number of hydrogen-bond donors (Lipinski definition) is 1. The van der Waals surface area contributed by atoms with Gasteiger partial charge in [0, 0.05) is 54.6 Å². The maximum absolute atomic E-state index is 13.5. The quantitative estimate of drug-likeness (QED) is 0.373. The first-order chi connectivity index (χ1) is 18.5. The van der Waals surface area contributed by atoms with Gasteiger partial charge in [0.2, 0.25) is 5.88 Å². The van der Waals surface area contributed by atoms with Crippen LogP contribution in [0, 0.1) is 24.6 Å². The number of carbonyl (C=O) groups excluding carboxylic acids is 2. The van der Waals surface area contributed by atoms with Crippen molar-refractivity contribution in [3.63, 3.8) is 0 Å². The number of ether oxygens (including phenoxy) is 1. The lowest BCUT2D eigenvalue weighted by atomic mass is 9.95. The predicted octanol–water partition coefficient (Wildman–Crippen LogP) is 4.39. The van der Waals surface area contributed by atoms with Crippen LogP contribution in [0.2, 0.25) is 0 Å². The zero-order chi connectivity index (χ0) is 27.6. The van der Waals surface area contributed by atoms with Gasteiger partial charge in [0.1, 0.15) is 17.6 Å². The molecule has 3 atom stereocenters. The summed E-state index contributed by atoms with van der Waals surface area (Å²) in [4.78, 5) is 32.1. The van der Waals surface area contributed by atoms with E-state index in [9.17, 15) is 14.0 Å². The highest BCUT2D eigenvalue weighted by atomic mass is 19.1. The zero-order valence-corrected chi connectivity index (χ0v) is 22.3. The highest BCUT2D eigenvalue weighted by molar-refractivity contribution is 6.00. The van der Waals surface area contributed by atoms with Crippen LogP contribution in [0.1, 0.15) is 52.9 Å². The van der Waals surface area contributed by atoms with Crippen LogP contribution in [0.4, 0.5) is 4.39 Å². The number of Topliss-reactive ketones (excluding diaryl/α,β-unsaturated/α-hetero) is 1. The Balaban J connectivity index is 1.19. The summed E-state index contributed by atoms with van der Waals surface area (Å²) in [5.74, 6) is 0.309. The van der Waals surface area contributed by atoms with Crippen molar-refractivity contribution >= 4 is 17.2 Å². The van der Waals surface area contributed by atoms with Crippen LogP contribution in [0.15, 0.2) is 54.6 Å². The summed E-state index contributed by atoms with van der Waals surface area (Å²) < 4.78 is 21.4. The molecule has 1 saturated heterocycles. The molecule has 1 unspecified atom stereocenters. The maximum atomic E-state index is 13.5. The number of nitrogens with two attached hydrogens (primary N) is 1. The average Bonchev–Trinajstić information content (AvgIpc) is 3.20. The lowest BCUT2D eigenvalue weighted by Gasteiger charge is -2.23. The van der Waals surface area contributed by atoms with E-state index in [0.29, 0.717) is 35.9 Å². The molecule has 1 aliphatic carbocycles. The average molecular weight is 528 g/mol. The second-order valence-electron chi connectivity index (χ2n) is 11.2. The van der Waals surface area contributed by atoms with Crippen LogP contribution < -0.4 is 10.5 Å². The van der Waals surface area contributed by atoms with Gasteiger partial charge in [-0.15, -0.1) is 0 Å². The molecule has 200 valence electrons. The number of halogens is 1. The molecule has 2 fully saturated rings. The van der Waals surface area contributed by atoms with E-state index in [-0.39, 0.29) is 35.4 Å². The van der Waals surface area contributed by atoms with Gasteiger partial charge in [0.15, 0.2) is 5.78 Å². The summed E-state index contributed by atoms with van der Waals surface area (Å²) in [6.07, 6.45) is -0.0495. The standard InChI is InChI=1S/C30H30FN5O3/c1-16-9-22-10-19(11-26(17(2)37)36(22)34-16)29(38)35-14-23-24(15-35)28(23)39-27-13-20(30(3,4)32)12-25(33-27)18-5-7-21(31)8-6-18/h5-13,23-24,28H,14-15,32H2,1-4H3/t23-,24+,28?. The number of likely N-dealkylation sites (tertiary alicyclic amines) is 1. The van der Waals surface area contributed by atoms with Gasteiger partial charge >= 0.3 is 0 Å². The third kappa shape index (κ3) is 4.67. The number of aryl methyl sites for hydroxylation is 1. The molecule has 0 radical (unpaired) electrons. The summed E-state index contributed by atoms with van der Waals surface area (Å²) in [6.45, 7) is 8.30. The molecule has 4 heterocycles. The van der Waals surface area contributed by atoms with Gasteiger partial charge in [0.25, 0.3) is 5.91 Å². The number of rotatable bonds is 6. The summed E-state index contributed by atoms with van der Waals surface area (Å²) in [5.41, 5.74) is 10.4. The van der Waals surface area contributed by atoms with Crippen LogP contribution in [0.25, 0.3) is 16.8 Å². The second-order valence-corrected chi connectivity index (χ2v) is 11.2. The van der Waals surface area contributed by atoms with Gasteiger partial charge in [0.05, 0.1) is 16.9 Å². The number of aromatic nitrogens is 3. The van der Waals surface area contributed by atoms with E-state index in [1.807, 2.05) is 43.9 Å². The number of piperidine rings is 1. The van der Waals surface area contributed by atoms with Gasteiger partial charge in [-0.25, -0.2) is 13.9 Å². The van der Waals surface area contributed by atoms with Gasteiger partial charge in [-0.1, -0.05) is 0 Å². The Morgan fingerprint density at radius 2 is 1.74 bits per heavy atom. The molecule has 6 rings (SSSR count). The lowest BCUT2D eigenvalue weighted by Crippen LogP contribution is -2.33. The minimum atomic E-state index is -0.619. The first-order valence-corrected chi connectivity index (χ1v) is 13.0. The summed E-state index contributed by atoms with van der Waals surface area (Å²) in [6, 6.07) is 15.2. The normalized spacial score (nSPS) is 20.3. The van der Waals surface area contributed by atoms with Crippen LogP contribution in [-0.2, 0) is 5.54 Å². The Morgan fingerprint density at radius 1 is 1.05 bits per heavy atom. The molecule has 1 saturated carbocycles.